The van der Waals surface area contributed by atoms with Gasteiger partial charge in [0.15, 0.2) is 5.69 Å². The highest BCUT2D eigenvalue weighted by molar-refractivity contribution is 7.92. The van der Waals surface area contributed by atoms with Gasteiger partial charge in [0, 0.05) is 24.2 Å². The Morgan fingerprint density at radius 2 is 1.82 bits per heavy atom. The molecule has 0 spiro atoms. The number of aryl methyl sites for hydroxylation is 1. The summed E-state index contributed by atoms with van der Waals surface area (Å²) in [6.45, 7) is 0. The molecule has 146 valence electrons. The molecule has 10 heteroatoms. The van der Waals surface area contributed by atoms with Crippen molar-refractivity contribution in [2.75, 3.05) is 23.4 Å². The van der Waals surface area contributed by atoms with Crippen LogP contribution in [0.15, 0.2) is 47.3 Å². The topological polar surface area (TPSA) is 119 Å². The first kappa shape index (κ1) is 19.4. The molecule has 1 aromatic heterocycles. The normalized spacial score (nSPS) is 11.2. The molecule has 1 amide bonds. The SMILES string of the molecule is COc1cc(NC(=O)c2nn(C)c(=O)c3ccccc23)ccc1NS(C)(=O)=O. The summed E-state index contributed by atoms with van der Waals surface area (Å²) in [4.78, 5) is 25.0. The summed E-state index contributed by atoms with van der Waals surface area (Å²) in [6.07, 6.45) is 1.03. The molecule has 28 heavy (non-hydrogen) atoms. The Balaban J connectivity index is 1.97. The van der Waals surface area contributed by atoms with Crippen molar-refractivity contribution in [1.82, 2.24) is 9.78 Å². The number of anilines is 2. The number of nitrogens with zero attached hydrogens (tertiary/aromatic N) is 2. The number of fused-ring (bicyclic) bond motifs is 1. The molecular weight excluding hydrogens is 384 g/mol. The Labute approximate surface area is 161 Å². The van der Waals surface area contributed by atoms with Crippen LogP contribution in [0.25, 0.3) is 10.8 Å². The van der Waals surface area contributed by atoms with E-state index in [4.69, 9.17) is 4.74 Å². The van der Waals surface area contributed by atoms with Gasteiger partial charge in [0.05, 0.1) is 24.4 Å². The first-order chi connectivity index (χ1) is 13.2. The van der Waals surface area contributed by atoms with Crippen LogP contribution in [0.3, 0.4) is 0 Å². The monoisotopic (exact) mass is 402 g/mol. The van der Waals surface area contributed by atoms with Gasteiger partial charge in [-0.05, 0) is 18.2 Å². The van der Waals surface area contributed by atoms with Crippen molar-refractivity contribution in [3.63, 3.8) is 0 Å². The first-order valence-electron chi connectivity index (χ1n) is 8.13. The highest BCUT2D eigenvalue weighted by Gasteiger charge is 2.17. The third-order valence-electron chi connectivity index (χ3n) is 3.93. The maximum atomic E-state index is 12.8. The van der Waals surface area contributed by atoms with Crippen LogP contribution in [-0.4, -0.2) is 37.5 Å². The zero-order valence-electron chi connectivity index (χ0n) is 15.4. The van der Waals surface area contributed by atoms with E-state index in [1.807, 2.05) is 0 Å². The number of benzene rings is 2. The van der Waals surface area contributed by atoms with Gasteiger partial charge in [-0.2, -0.15) is 5.10 Å². The Kier molecular flexibility index (Phi) is 5.06. The van der Waals surface area contributed by atoms with E-state index in [1.54, 1.807) is 24.3 Å². The van der Waals surface area contributed by atoms with Crippen molar-refractivity contribution in [3.05, 3.63) is 58.5 Å². The van der Waals surface area contributed by atoms with Gasteiger partial charge >= 0.3 is 0 Å². The first-order valence-corrected chi connectivity index (χ1v) is 10.0. The largest absolute Gasteiger partial charge is 0.494 e. The van der Waals surface area contributed by atoms with E-state index in [2.05, 4.69) is 15.1 Å². The highest BCUT2D eigenvalue weighted by Crippen LogP contribution is 2.29. The molecule has 0 fully saturated rings. The van der Waals surface area contributed by atoms with Crippen LogP contribution in [0.2, 0.25) is 0 Å². The summed E-state index contributed by atoms with van der Waals surface area (Å²) in [5.41, 5.74) is 0.411. The average molecular weight is 402 g/mol. The summed E-state index contributed by atoms with van der Waals surface area (Å²) in [7, 11) is -0.624. The molecule has 0 unspecified atom stereocenters. The zero-order chi connectivity index (χ0) is 20.5. The molecule has 1 heterocycles. The molecule has 2 aromatic carbocycles. The molecule has 0 saturated heterocycles. The number of rotatable bonds is 5. The molecule has 9 nitrogen and oxygen atoms in total. The number of ether oxygens (including phenoxy) is 1. The van der Waals surface area contributed by atoms with Crippen molar-refractivity contribution in [2.24, 2.45) is 7.05 Å². The van der Waals surface area contributed by atoms with Crippen LogP contribution in [-0.2, 0) is 17.1 Å². The lowest BCUT2D eigenvalue weighted by Crippen LogP contribution is -2.25. The second-order valence-electron chi connectivity index (χ2n) is 6.07. The number of carbonyl (C=O) groups is 1. The third-order valence-corrected chi connectivity index (χ3v) is 4.52. The average Bonchev–Trinajstić information content (AvgIpc) is 2.64. The summed E-state index contributed by atoms with van der Waals surface area (Å²) < 4.78 is 31.5. The molecule has 3 rings (SSSR count). The van der Waals surface area contributed by atoms with E-state index in [0.717, 1.165) is 10.9 Å². The molecule has 0 aliphatic heterocycles. The lowest BCUT2D eigenvalue weighted by molar-refractivity contribution is 0.102. The molecule has 0 atom stereocenters. The predicted molar refractivity (Wildman–Crippen MR) is 106 cm³/mol. The van der Waals surface area contributed by atoms with Gasteiger partial charge in [-0.25, -0.2) is 13.1 Å². The molecule has 2 N–H and O–H groups in total. The van der Waals surface area contributed by atoms with Crippen LogP contribution in [0.1, 0.15) is 10.5 Å². The number of hydrogen-bond donors (Lipinski definition) is 2. The second kappa shape index (κ2) is 7.31. The third kappa shape index (κ3) is 3.96. The molecular formula is C18H18N4O5S. The Morgan fingerprint density at radius 1 is 1.14 bits per heavy atom. The number of amides is 1. The summed E-state index contributed by atoms with van der Waals surface area (Å²) in [6, 6.07) is 11.2. The van der Waals surface area contributed by atoms with Crippen molar-refractivity contribution in [2.45, 2.75) is 0 Å². The maximum absolute atomic E-state index is 12.8. The number of carbonyl (C=O) groups excluding carboxylic acids is 1. The molecule has 0 saturated carbocycles. The molecule has 3 aromatic rings. The van der Waals surface area contributed by atoms with Crippen molar-refractivity contribution >= 4 is 38.1 Å². The summed E-state index contributed by atoms with van der Waals surface area (Å²) in [5, 5.41) is 7.58. The standard InChI is InChI=1S/C18H18N4O5S/c1-22-18(24)13-7-5-4-6-12(13)16(20-22)17(23)19-11-8-9-14(15(10-11)27-2)21-28(3,25)26/h4-10,21H,1-3H3,(H,19,23). The smallest absolute Gasteiger partial charge is 0.276 e. The van der Waals surface area contributed by atoms with Crippen LogP contribution >= 0.6 is 0 Å². The van der Waals surface area contributed by atoms with E-state index in [0.29, 0.717) is 16.5 Å². The Hall–Kier alpha value is -3.40. The Bertz CT molecular complexity index is 1230. The fourth-order valence-electron chi connectivity index (χ4n) is 2.71. The quantitative estimate of drug-likeness (QED) is 0.668. The van der Waals surface area contributed by atoms with Gasteiger partial charge in [-0.15, -0.1) is 0 Å². The van der Waals surface area contributed by atoms with E-state index in [9.17, 15) is 18.0 Å². The summed E-state index contributed by atoms with van der Waals surface area (Å²) in [5.74, 6) is -0.279. The van der Waals surface area contributed by atoms with E-state index >= 15 is 0 Å². The molecule has 0 bridgehead atoms. The van der Waals surface area contributed by atoms with Gasteiger partial charge in [0.1, 0.15) is 5.75 Å². The fraction of sp³-hybridized carbons (Fsp3) is 0.167. The maximum Gasteiger partial charge on any atom is 0.276 e. The van der Waals surface area contributed by atoms with E-state index in [1.165, 1.54) is 32.4 Å². The van der Waals surface area contributed by atoms with Crippen molar-refractivity contribution in [3.8, 4) is 5.75 Å². The van der Waals surface area contributed by atoms with Gasteiger partial charge in [0.2, 0.25) is 10.0 Å². The van der Waals surface area contributed by atoms with E-state index in [-0.39, 0.29) is 22.7 Å². The summed E-state index contributed by atoms with van der Waals surface area (Å²) >= 11 is 0. The number of methoxy groups -OCH3 is 1. The number of hydrogen-bond acceptors (Lipinski definition) is 6. The van der Waals surface area contributed by atoms with Gasteiger partial charge in [0.25, 0.3) is 11.5 Å². The zero-order valence-corrected chi connectivity index (χ0v) is 16.2. The minimum Gasteiger partial charge on any atom is -0.494 e. The highest BCUT2D eigenvalue weighted by atomic mass is 32.2. The fourth-order valence-corrected chi connectivity index (χ4v) is 3.28. The second-order valence-corrected chi connectivity index (χ2v) is 7.81. The van der Waals surface area contributed by atoms with Crippen molar-refractivity contribution < 1.29 is 17.9 Å². The minimum atomic E-state index is -3.48. The lowest BCUT2D eigenvalue weighted by atomic mass is 10.1. The van der Waals surface area contributed by atoms with Gasteiger partial charge in [-0.3, -0.25) is 14.3 Å². The van der Waals surface area contributed by atoms with Crippen molar-refractivity contribution in [1.29, 1.82) is 0 Å². The van der Waals surface area contributed by atoms with E-state index < -0.39 is 15.9 Å². The van der Waals surface area contributed by atoms with Crippen LogP contribution in [0.4, 0.5) is 11.4 Å². The Morgan fingerprint density at radius 3 is 2.46 bits per heavy atom. The van der Waals surface area contributed by atoms with Crippen LogP contribution < -0.4 is 20.3 Å². The molecule has 0 aliphatic carbocycles. The number of nitrogens with one attached hydrogen (secondary N) is 2. The number of sulfonamides is 1. The van der Waals surface area contributed by atoms with Crippen LogP contribution in [0, 0.1) is 0 Å². The molecule has 0 radical (unpaired) electrons. The van der Waals surface area contributed by atoms with Gasteiger partial charge in [-0.1, -0.05) is 18.2 Å². The predicted octanol–water partition coefficient (Wildman–Crippen LogP) is 1.57. The molecule has 0 aliphatic rings. The number of aromatic nitrogens is 2. The van der Waals surface area contributed by atoms with Crippen LogP contribution in [0.5, 0.6) is 5.75 Å². The van der Waals surface area contributed by atoms with Gasteiger partial charge < -0.3 is 10.1 Å². The minimum absolute atomic E-state index is 0.0926. The lowest BCUT2D eigenvalue weighted by Gasteiger charge is -2.13.